The lowest BCUT2D eigenvalue weighted by molar-refractivity contribution is 0.0555. The smallest absolute Gasteiger partial charge is 0.340 e. The number of benzene rings is 1. The van der Waals surface area contributed by atoms with E-state index in [1.54, 1.807) is 11.3 Å². The monoisotopic (exact) mass is 416 g/mol. The average Bonchev–Trinajstić information content (AvgIpc) is 3.22. The highest BCUT2D eigenvalue weighted by Crippen LogP contribution is 2.45. The highest BCUT2D eigenvalue weighted by molar-refractivity contribution is 7.10. The predicted molar refractivity (Wildman–Crippen MR) is 121 cm³/mol. The summed E-state index contributed by atoms with van der Waals surface area (Å²) < 4.78 is 5.27. The summed E-state index contributed by atoms with van der Waals surface area (Å²) in [4.78, 5) is 19.2. The van der Waals surface area contributed by atoms with Crippen molar-refractivity contribution >= 4 is 39.9 Å². The van der Waals surface area contributed by atoms with Gasteiger partial charge in [-0.3, -0.25) is 0 Å². The van der Waals surface area contributed by atoms with Crippen molar-refractivity contribution in [1.82, 2.24) is 4.98 Å². The molecule has 0 saturated heterocycles. The van der Waals surface area contributed by atoms with Crippen molar-refractivity contribution in [2.75, 3.05) is 6.61 Å². The van der Waals surface area contributed by atoms with E-state index in [0.29, 0.717) is 11.5 Å². The molecular weight excluding hydrogens is 392 g/mol. The van der Waals surface area contributed by atoms with Gasteiger partial charge in [0.05, 0.1) is 16.8 Å². The third kappa shape index (κ3) is 3.88. The van der Waals surface area contributed by atoms with E-state index in [1.165, 1.54) is 4.88 Å². The van der Waals surface area contributed by atoms with Crippen molar-refractivity contribution in [3.05, 3.63) is 63.5 Å². The van der Waals surface area contributed by atoms with Crippen LogP contribution in [0.15, 0.2) is 41.8 Å². The molecule has 3 aromatic rings. The number of fused-ring (bicyclic) bond motifs is 2. The fourth-order valence-electron chi connectivity index (χ4n) is 4.08. The quantitative estimate of drug-likeness (QED) is 0.482. The number of nitriles is 1. The number of thiophene rings is 1. The van der Waals surface area contributed by atoms with Crippen LogP contribution < -0.4 is 0 Å². The maximum atomic E-state index is 13.1. The van der Waals surface area contributed by atoms with Crippen molar-refractivity contribution in [2.24, 2.45) is 11.3 Å². The van der Waals surface area contributed by atoms with Crippen molar-refractivity contribution < 1.29 is 9.53 Å². The molecule has 1 aliphatic carbocycles. The zero-order valence-corrected chi connectivity index (χ0v) is 18.3. The van der Waals surface area contributed by atoms with Crippen LogP contribution in [0.4, 0.5) is 0 Å². The van der Waals surface area contributed by atoms with E-state index in [0.717, 1.165) is 40.6 Å². The van der Waals surface area contributed by atoms with Gasteiger partial charge in [0.25, 0.3) is 0 Å². The molecule has 0 spiro atoms. The van der Waals surface area contributed by atoms with Gasteiger partial charge >= 0.3 is 5.97 Å². The molecule has 0 fully saturated rings. The number of ether oxygens (including phenoxy) is 1. The standard InChI is InChI=1S/C25H24N2O2S/c1-25(2,3)17-13-16(14-18-7-6-12-30-18)23-20(15-17)22(24(28)29-11-10-26)19-8-4-5-9-21(19)27-23/h4-9,12,14,17H,11,13,15H2,1-3H3/b16-14-. The Bertz CT molecular complexity index is 1160. The fraction of sp³-hybridized carbons (Fsp3) is 0.320. The van der Waals surface area contributed by atoms with Crippen LogP contribution in [0.1, 0.15) is 53.7 Å². The summed E-state index contributed by atoms with van der Waals surface area (Å²) in [5.41, 5.74) is 4.37. The summed E-state index contributed by atoms with van der Waals surface area (Å²) in [6, 6.07) is 13.7. The number of hydrogen-bond donors (Lipinski definition) is 0. The second kappa shape index (κ2) is 8.04. The molecule has 0 amide bonds. The van der Waals surface area contributed by atoms with Crippen LogP contribution >= 0.6 is 11.3 Å². The highest BCUT2D eigenvalue weighted by atomic mass is 32.1. The Balaban J connectivity index is 1.98. The van der Waals surface area contributed by atoms with Crippen LogP contribution in [0, 0.1) is 22.7 Å². The minimum Gasteiger partial charge on any atom is -0.447 e. The predicted octanol–water partition coefficient (Wildman–Crippen LogP) is 6.13. The van der Waals surface area contributed by atoms with Gasteiger partial charge in [0, 0.05) is 10.3 Å². The molecule has 30 heavy (non-hydrogen) atoms. The second-order valence-electron chi connectivity index (χ2n) is 8.72. The molecule has 0 N–H and O–H groups in total. The largest absolute Gasteiger partial charge is 0.447 e. The van der Waals surface area contributed by atoms with Crippen LogP contribution in [0.25, 0.3) is 22.6 Å². The number of esters is 1. The first-order valence-electron chi connectivity index (χ1n) is 10.1. The molecule has 152 valence electrons. The van der Waals surface area contributed by atoms with Gasteiger partial charge in [-0.2, -0.15) is 5.26 Å². The Labute approximate surface area is 180 Å². The van der Waals surface area contributed by atoms with E-state index in [4.69, 9.17) is 15.0 Å². The molecule has 0 saturated carbocycles. The summed E-state index contributed by atoms with van der Waals surface area (Å²) in [6.07, 6.45) is 3.87. The second-order valence-corrected chi connectivity index (χ2v) is 9.70. The van der Waals surface area contributed by atoms with Crippen LogP contribution in [0.3, 0.4) is 0 Å². The van der Waals surface area contributed by atoms with E-state index in [1.807, 2.05) is 36.4 Å². The first-order chi connectivity index (χ1) is 14.4. The number of carbonyl (C=O) groups excluding carboxylic acids is 1. The Morgan fingerprint density at radius 2 is 2.07 bits per heavy atom. The first kappa shape index (κ1) is 20.3. The lowest BCUT2D eigenvalue weighted by Crippen LogP contribution is -2.28. The zero-order chi connectivity index (χ0) is 21.3. The number of nitrogens with zero attached hydrogens (tertiary/aromatic N) is 2. The van der Waals surface area contributed by atoms with Crippen molar-refractivity contribution in [1.29, 1.82) is 5.26 Å². The normalized spacial score (nSPS) is 17.5. The van der Waals surface area contributed by atoms with Gasteiger partial charge in [-0.05, 0) is 58.9 Å². The number of rotatable bonds is 3. The number of aromatic nitrogens is 1. The summed E-state index contributed by atoms with van der Waals surface area (Å²) in [6.45, 7) is 6.47. The molecule has 1 aliphatic rings. The maximum Gasteiger partial charge on any atom is 0.340 e. The van der Waals surface area contributed by atoms with E-state index in [-0.39, 0.29) is 12.0 Å². The van der Waals surface area contributed by atoms with E-state index in [2.05, 4.69) is 38.3 Å². The molecule has 1 atom stereocenters. The highest BCUT2D eigenvalue weighted by Gasteiger charge is 2.35. The summed E-state index contributed by atoms with van der Waals surface area (Å²) in [5, 5.41) is 11.7. The number of carbonyl (C=O) groups is 1. The maximum absolute atomic E-state index is 13.1. The lowest BCUT2D eigenvalue weighted by atomic mass is 9.69. The van der Waals surface area contributed by atoms with Gasteiger partial charge in [-0.15, -0.1) is 11.3 Å². The van der Waals surface area contributed by atoms with Gasteiger partial charge in [0.15, 0.2) is 6.61 Å². The Hall–Kier alpha value is -2.97. The molecule has 1 aromatic carbocycles. The average molecular weight is 417 g/mol. The van der Waals surface area contributed by atoms with Gasteiger partial charge in [-0.1, -0.05) is 45.0 Å². The molecule has 4 nitrogen and oxygen atoms in total. The lowest BCUT2D eigenvalue weighted by Gasteiger charge is -2.36. The van der Waals surface area contributed by atoms with E-state index >= 15 is 0 Å². The van der Waals surface area contributed by atoms with E-state index in [9.17, 15) is 4.79 Å². The first-order valence-corrected chi connectivity index (χ1v) is 11.0. The zero-order valence-electron chi connectivity index (χ0n) is 17.4. The Morgan fingerprint density at radius 1 is 1.27 bits per heavy atom. The number of para-hydroxylation sites is 1. The van der Waals surface area contributed by atoms with Crippen molar-refractivity contribution in [2.45, 2.75) is 33.6 Å². The fourth-order valence-corrected chi connectivity index (χ4v) is 4.77. The number of hydrogen-bond acceptors (Lipinski definition) is 5. The molecule has 4 rings (SSSR count). The van der Waals surface area contributed by atoms with Gasteiger partial charge in [-0.25, -0.2) is 9.78 Å². The summed E-state index contributed by atoms with van der Waals surface area (Å²) in [7, 11) is 0. The molecule has 2 aromatic heterocycles. The van der Waals surface area contributed by atoms with Crippen LogP contribution in [-0.2, 0) is 11.2 Å². The van der Waals surface area contributed by atoms with Gasteiger partial charge in [0.2, 0.25) is 0 Å². The molecule has 0 bridgehead atoms. The molecule has 0 aliphatic heterocycles. The van der Waals surface area contributed by atoms with Crippen molar-refractivity contribution in [3.8, 4) is 6.07 Å². The minimum atomic E-state index is -0.448. The van der Waals surface area contributed by atoms with E-state index < -0.39 is 5.97 Å². The third-order valence-corrected chi connectivity index (χ3v) is 6.59. The van der Waals surface area contributed by atoms with Crippen molar-refractivity contribution in [3.63, 3.8) is 0 Å². The van der Waals surface area contributed by atoms with Crippen LogP contribution in [0.2, 0.25) is 0 Å². The van der Waals surface area contributed by atoms with Gasteiger partial charge < -0.3 is 4.74 Å². The topological polar surface area (TPSA) is 63.0 Å². The van der Waals surface area contributed by atoms with Gasteiger partial charge in [0.1, 0.15) is 6.07 Å². The summed E-state index contributed by atoms with van der Waals surface area (Å²) >= 11 is 1.69. The summed E-state index contributed by atoms with van der Waals surface area (Å²) in [5.74, 6) is -0.0851. The molecular formula is C25H24N2O2S. The Kier molecular flexibility index (Phi) is 5.44. The molecule has 5 heteroatoms. The number of allylic oxidation sites excluding steroid dienone is 1. The number of pyridine rings is 1. The van der Waals surface area contributed by atoms with Crippen LogP contribution in [-0.4, -0.2) is 17.6 Å². The minimum absolute atomic E-state index is 0.0751. The molecule has 1 unspecified atom stereocenters. The molecule has 0 radical (unpaired) electrons. The third-order valence-electron chi connectivity index (χ3n) is 5.77. The van der Waals surface area contributed by atoms with Crippen LogP contribution in [0.5, 0.6) is 0 Å². The molecule has 2 heterocycles. The Morgan fingerprint density at radius 3 is 2.77 bits per heavy atom. The SMILES string of the molecule is CC(C)(C)C1C/C(=C/c2cccs2)c2nc3ccccc3c(C(=O)OCC#N)c2C1.